The zero-order valence-electron chi connectivity index (χ0n) is 15.0. The van der Waals surface area contributed by atoms with Gasteiger partial charge in [-0.15, -0.1) is 0 Å². The lowest BCUT2D eigenvalue weighted by molar-refractivity contribution is 0.282. The van der Waals surface area contributed by atoms with Gasteiger partial charge in [0.2, 0.25) is 0 Å². The molecule has 138 valence electrons. The number of nitrogens with two attached hydrogens (primary N) is 2. The molecular weight excluding hydrogens is 336 g/mol. The molecule has 0 bridgehead atoms. The molecule has 7 N–H and O–H groups in total. The molecule has 0 spiro atoms. The number of amidine groups is 1. The van der Waals surface area contributed by atoms with Crippen LogP contribution in [0, 0.1) is 5.41 Å². The van der Waals surface area contributed by atoms with Crippen molar-refractivity contribution in [1.29, 1.82) is 5.41 Å². The van der Waals surface area contributed by atoms with Crippen molar-refractivity contribution in [3.63, 3.8) is 0 Å². The van der Waals surface area contributed by atoms with Crippen LogP contribution in [0.25, 0.3) is 0 Å². The number of likely N-dealkylation sites (N-methyl/N-ethyl adjacent to an activating group) is 1. The van der Waals surface area contributed by atoms with Crippen LogP contribution in [0.5, 0.6) is 5.75 Å². The van der Waals surface area contributed by atoms with E-state index in [9.17, 15) is 5.11 Å². The fourth-order valence-corrected chi connectivity index (χ4v) is 2.78. The molecule has 0 aliphatic carbocycles. The molecule has 1 aromatic rings. The maximum atomic E-state index is 9.97. The van der Waals surface area contributed by atoms with Crippen LogP contribution in [0.15, 0.2) is 21.3 Å². The normalized spacial score (nSPS) is 24.3. The fourth-order valence-electron chi connectivity index (χ4n) is 2.78. The molecule has 0 saturated heterocycles. The van der Waals surface area contributed by atoms with Crippen molar-refractivity contribution in [3.05, 3.63) is 6.07 Å². The van der Waals surface area contributed by atoms with Crippen molar-refractivity contribution in [1.82, 2.24) is 15.0 Å². The summed E-state index contributed by atoms with van der Waals surface area (Å²) in [7, 11) is 3.45. The summed E-state index contributed by atoms with van der Waals surface area (Å²) < 4.78 is 0. The predicted octanol–water partition coefficient (Wildman–Crippen LogP) is 0.127. The Morgan fingerprint density at radius 2 is 2.00 bits per heavy atom. The van der Waals surface area contributed by atoms with E-state index in [2.05, 4.69) is 25.5 Å². The lowest BCUT2D eigenvalue weighted by Gasteiger charge is -2.23. The molecule has 2 aliphatic heterocycles. The lowest BCUT2D eigenvalue weighted by Crippen LogP contribution is -2.46. The molecule has 0 fully saturated rings. The summed E-state index contributed by atoms with van der Waals surface area (Å²) in [6.45, 7) is 3.61. The first-order chi connectivity index (χ1) is 12.2. The van der Waals surface area contributed by atoms with Gasteiger partial charge in [0.1, 0.15) is 17.9 Å². The predicted molar refractivity (Wildman–Crippen MR) is 102 cm³/mol. The highest BCUT2D eigenvalue weighted by Gasteiger charge is 2.31. The van der Waals surface area contributed by atoms with Gasteiger partial charge < -0.3 is 21.9 Å². The molecule has 11 nitrogen and oxygen atoms in total. The number of aliphatic imine (C=N–C) groups is 1. The van der Waals surface area contributed by atoms with Crippen molar-refractivity contribution in [3.8, 4) is 5.75 Å². The topological polar surface area (TPSA) is 165 Å². The number of hydrogen-bond donors (Lipinski definition) is 5. The van der Waals surface area contributed by atoms with Gasteiger partial charge in [-0.05, 0) is 13.8 Å². The molecule has 2 unspecified atom stereocenters. The van der Waals surface area contributed by atoms with Gasteiger partial charge >= 0.3 is 0 Å². The smallest absolute Gasteiger partial charge is 0.178 e. The van der Waals surface area contributed by atoms with E-state index in [0.717, 1.165) is 5.71 Å². The summed E-state index contributed by atoms with van der Waals surface area (Å²) in [5.41, 5.74) is 14.1. The van der Waals surface area contributed by atoms with Crippen molar-refractivity contribution in [2.75, 3.05) is 25.1 Å². The average Bonchev–Trinajstić information content (AvgIpc) is 2.95. The van der Waals surface area contributed by atoms with E-state index < -0.39 is 0 Å². The second-order valence-electron chi connectivity index (χ2n) is 6.21. The molecule has 11 heteroatoms. The van der Waals surface area contributed by atoms with Crippen LogP contribution in [-0.4, -0.2) is 69.4 Å². The first-order valence-electron chi connectivity index (χ1n) is 7.95. The molecule has 26 heavy (non-hydrogen) atoms. The van der Waals surface area contributed by atoms with E-state index in [4.69, 9.17) is 16.9 Å². The number of pyridine rings is 1. The Labute approximate surface area is 150 Å². The summed E-state index contributed by atoms with van der Waals surface area (Å²) in [6.07, 6.45) is -0.380. The maximum absolute atomic E-state index is 9.97. The largest absolute Gasteiger partial charge is 0.504 e. The minimum Gasteiger partial charge on any atom is -0.504 e. The van der Waals surface area contributed by atoms with Crippen LogP contribution >= 0.6 is 0 Å². The first-order valence-corrected chi connectivity index (χ1v) is 7.95. The van der Waals surface area contributed by atoms with Crippen LogP contribution in [0.4, 0.5) is 17.3 Å². The Kier molecular flexibility index (Phi) is 4.24. The van der Waals surface area contributed by atoms with Crippen LogP contribution < -0.4 is 16.8 Å². The monoisotopic (exact) mass is 358 g/mol. The summed E-state index contributed by atoms with van der Waals surface area (Å²) in [4.78, 5) is 8.60. The highest BCUT2D eigenvalue weighted by atomic mass is 16.3. The maximum Gasteiger partial charge on any atom is 0.178 e. The number of anilines is 2. The Morgan fingerprint density at radius 3 is 2.54 bits per heavy atom. The van der Waals surface area contributed by atoms with Gasteiger partial charge in [-0.25, -0.2) is 15.0 Å². The Bertz CT molecular complexity index is 858. The third kappa shape index (κ3) is 2.92. The highest BCUT2D eigenvalue weighted by molar-refractivity contribution is 6.69. The van der Waals surface area contributed by atoms with Crippen LogP contribution in [0.1, 0.15) is 13.8 Å². The van der Waals surface area contributed by atoms with Crippen molar-refractivity contribution >= 4 is 40.3 Å². The van der Waals surface area contributed by atoms with Crippen molar-refractivity contribution < 1.29 is 5.11 Å². The number of nitrogens with one attached hydrogen (secondary N) is 2. The molecule has 1 aromatic heterocycles. The molecule has 3 heterocycles. The Morgan fingerprint density at radius 1 is 1.31 bits per heavy atom. The zero-order chi connectivity index (χ0) is 19.2. The van der Waals surface area contributed by atoms with Gasteiger partial charge in [0, 0.05) is 20.2 Å². The molecule has 2 aliphatic rings. The number of nitrogen functional groups attached to an aromatic ring is 1. The number of hydrogen-bond acceptors (Lipinski definition) is 10. The van der Waals surface area contributed by atoms with E-state index >= 15 is 0 Å². The number of aromatic nitrogens is 1. The summed E-state index contributed by atoms with van der Waals surface area (Å²) in [6, 6.07) is 1.15. The molecular formula is C15H22N10O. The van der Waals surface area contributed by atoms with Gasteiger partial charge in [-0.1, -0.05) is 0 Å². The Balaban J connectivity index is 2.02. The van der Waals surface area contributed by atoms with Crippen molar-refractivity contribution in [2.24, 2.45) is 20.9 Å². The van der Waals surface area contributed by atoms with Gasteiger partial charge in [0.15, 0.2) is 23.2 Å². The van der Waals surface area contributed by atoms with Crippen LogP contribution in [0.3, 0.4) is 0 Å². The van der Waals surface area contributed by atoms with Crippen LogP contribution in [0.2, 0.25) is 0 Å². The number of nitrogens with zero attached hydrogens (tertiary/aromatic N) is 6. The van der Waals surface area contributed by atoms with E-state index in [-0.39, 0.29) is 35.4 Å². The SMILES string of the molecule is CC1=NN(C)C(=N)C1=Nc1nc(N)c(O)cc1NC1C(C)=NN(C)C1N. The minimum atomic E-state index is -0.380. The number of aromatic hydroxyl groups is 1. The molecule has 0 saturated carbocycles. The molecule has 0 radical (unpaired) electrons. The van der Waals surface area contributed by atoms with Gasteiger partial charge in [-0.2, -0.15) is 10.2 Å². The number of hydrazone groups is 2. The third-order valence-electron chi connectivity index (χ3n) is 4.27. The van der Waals surface area contributed by atoms with Crippen molar-refractivity contribution in [2.45, 2.75) is 26.1 Å². The van der Waals surface area contributed by atoms with E-state index in [1.807, 2.05) is 6.92 Å². The lowest BCUT2D eigenvalue weighted by atomic mass is 10.1. The molecule has 2 atom stereocenters. The van der Waals surface area contributed by atoms with Gasteiger partial charge in [0.25, 0.3) is 0 Å². The van der Waals surface area contributed by atoms with E-state index in [1.165, 1.54) is 11.1 Å². The third-order valence-corrected chi connectivity index (χ3v) is 4.27. The van der Waals surface area contributed by atoms with Gasteiger partial charge in [-0.3, -0.25) is 10.4 Å². The summed E-state index contributed by atoms with van der Waals surface area (Å²) >= 11 is 0. The standard InChI is InChI=1S/C15H22N10O/c1-6-10(13(17)24(3)22-6)19-8-5-9(26)12(16)21-15(8)20-11-7(2)23-25(4)14(11)18/h5,10,13,18-19,26H,17H2,1-4H3,(H2,16,21). The first kappa shape index (κ1) is 17.6. The summed E-state index contributed by atoms with van der Waals surface area (Å²) in [5, 5.41) is 32.8. The van der Waals surface area contributed by atoms with Gasteiger partial charge in [0.05, 0.1) is 17.1 Å². The molecule has 3 rings (SSSR count). The number of rotatable bonds is 3. The second kappa shape index (κ2) is 6.26. The fraction of sp³-hybridized carbons (Fsp3) is 0.400. The van der Waals surface area contributed by atoms with E-state index in [0.29, 0.717) is 17.1 Å². The summed E-state index contributed by atoms with van der Waals surface area (Å²) in [5.74, 6) is 0.159. The minimum absolute atomic E-state index is 0.0550. The van der Waals surface area contributed by atoms with E-state index in [1.54, 1.807) is 26.0 Å². The Hall–Kier alpha value is -3.21. The van der Waals surface area contributed by atoms with Crippen LogP contribution in [-0.2, 0) is 0 Å². The highest BCUT2D eigenvalue weighted by Crippen LogP contribution is 2.32. The zero-order valence-corrected chi connectivity index (χ0v) is 15.0. The molecule has 0 aromatic carbocycles. The quantitative estimate of drug-likeness (QED) is 0.512. The average molecular weight is 358 g/mol. The molecule has 0 amide bonds. The second-order valence-corrected chi connectivity index (χ2v) is 6.21.